The smallest absolute Gasteiger partial charge is 0.253 e. The first-order valence-electron chi connectivity index (χ1n) is 12.4. The molecule has 32 heavy (non-hydrogen) atoms. The Labute approximate surface area is 191 Å². The zero-order valence-electron chi connectivity index (χ0n) is 19.6. The maximum atomic E-state index is 13.3. The quantitative estimate of drug-likeness (QED) is 0.713. The number of hydrogen-bond acceptors (Lipinski definition) is 4. The predicted octanol–water partition coefficient (Wildman–Crippen LogP) is 3.70. The van der Waals surface area contributed by atoms with E-state index in [1.165, 1.54) is 22.2 Å². The average Bonchev–Trinajstić information content (AvgIpc) is 3.15. The van der Waals surface area contributed by atoms with Crippen molar-refractivity contribution >= 4 is 16.8 Å². The highest BCUT2D eigenvalue weighted by Gasteiger charge is 2.30. The Morgan fingerprint density at radius 3 is 2.66 bits per heavy atom. The summed E-state index contributed by atoms with van der Waals surface area (Å²) in [6.07, 6.45) is 5.51. The molecule has 1 amide bonds. The number of hydrogen-bond donors (Lipinski definition) is 0. The molecule has 0 atom stereocenters. The summed E-state index contributed by atoms with van der Waals surface area (Å²) in [6.45, 7) is 9.41. The Morgan fingerprint density at radius 2 is 1.91 bits per heavy atom. The molecule has 2 fully saturated rings. The van der Waals surface area contributed by atoms with Gasteiger partial charge in [-0.1, -0.05) is 6.92 Å². The van der Waals surface area contributed by atoms with E-state index >= 15 is 0 Å². The number of nitrogens with zero attached hydrogens (tertiary/aromatic N) is 3. The summed E-state index contributed by atoms with van der Waals surface area (Å²) in [4.78, 5) is 18.0. The minimum Gasteiger partial charge on any atom is -0.383 e. The molecule has 1 aromatic heterocycles. The molecule has 3 aliphatic rings. The van der Waals surface area contributed by atoms with Gasteiger partial charge in [0.15, 0.2) is 0 Å². The Bertz CT molecular complexity index is 955. The third kappa shape index (κ3) is 4.20. The van der Waals surface area contributed by atoms with Crippen LogP contribution in [0.5, 0.6) is 0 Å². The van der Waals surface area contributed by atoms with Crippen molar-refractivity contribution in [1.29, 1.82) is 0 Å². The van der Waals surface area contributed by atoms with E-state index in [1.807, 2.05) is 11.0 Å². The molecule has 0 aliphatic carbocycles. The van der Waals surface area contributed by atoms with Crippen LogP contribution in [0.15, 0.2) is 18.2 Å². The molecule has 3 aliphatic heterocycles. The molecule has 0 spiro atoms. The van der Waals surface area contributed by atoms with Crippen LogP contribution < -0.4 is 0 Å². The fourth-order valence-electron chi connectivity index (χ4n) is 5.80. The van der Waals surface area contributed by atoms with Crippen LogP contribution in [0.2, 0.25) is 0 Å². The predicted molar refractivity (Wildman–Crippen MR) is 126 cm³/mol. The molecule has 0 bridgehead atoms. The van der Waals surface area contributed by atoms with Gasteiger partial charge >= 0.3 is 0 Å². The number of fused-ring (bicyclic) bond motifs is 3. The number of likely N-dealkylation sites (tertiary alicyclic amines) is 1. The molecule has 2 saturated heterocycles. The van der Waals surface area contributed by atoms with Gasteiger partial charge in [-0.05, 0) is 55.4 Å². The molecular weight excluding hydrogens is 402 g/mol. The van der Waals surface area contributed by atoms with Crippen LogP contribution in [0, 0.1) is 5.92 Å². The molecular formula is C26H37N3O3. The lowest BCUT2D eigenvalue weighted by Gasteiger charge is -2.37. The first-order chi connectivity index (χ1) is 15.7. The first kappa shape index (κ1) is 21.9. The molecule has 6 nitrogen and oxygen atoms in total. The molecule has 0 saturated carbocycles. The molecule has 174 valence electrons. The zero-order valence-corrected chi connectivity index (χ0v) is 19.6. The summed E-state index contributed by atoms with van der Waals surface area (Å²) in [6, 6.07) is 6.98. The van der Waals surface area contributed by atoms with Crippen molar-refractivity contribution in [2.45, 2.75) is 58.2 Å². The molecule has 4 heterocycles. The second kappa shape index (κ2) is 9.54. The van der Waals surface area contributed by atoms with Crippen LogP contribution in [-0.2, 0) is 29.0 Å². The van der Waals surface area contributed by atoms with Gasteiger partial charge in [0.1, 0.15) is 0 Å². The van der Waals surface area contributed by atoms with Crippen LogP contribution in [0.3, 0.4) is 0 Å². The summed E-state index contributed by atoms with van der Waals surface area (Å²) < 4.78 is 13.5. The lowest BCUT2D eigenvalue weighted by Crippen LogP contribution is -2.42. The summed E-state index contributed by atoms with van der Waals surface area (Å²) in [5.74, 6) is 0.911. The van der Waals surface area contributed by atoms with Gasteiger partial charge in [-0.25, -0.2) is 0 Å². The minimum absolute atomic E-state index is 0.189. The number of amides is 1. The van der Waals surface area contributed by atoms with E-state index in [4.69, 9.17) is 9.47 Å². The van der Waals surface area contributed by atoms with E-state index < -0.39 is 0 Å². The SMILES string of the molecule is COCCn1c2c(c3cc(C(=O)N4CCC(C)CC4)ccc31)CN(C1CCOCC1)CC2. The fraction of sp³-hybridized carbons (Fsp3) is 0.654. The second-order valence-electron chi connectivity index (χ2n) is 9.84. The van der Waals surface area contributed by atoms with E-state index in [0.29, 0.717) is 12.6 Å². The first-order valence-corrected chi connectivity index (χ1v) is 12.4. The van der Waals surface area contributed by atoms with Gasteiger partial charge in [0.25, 0.3) is 5.91 Å². The number of carbonyl (C=O) groups is 1. The maximum Gasteiger partial charge on any atom is 0.253 e. The van der Waals surface area contributed by atoms with Gasteiger partial charge in [0.05, 0.1) is 6.61 Å². The Balaban J connectivity index is 1.47. The minimum atomic E-state index is 0.189. The van der Waals surface area contributed by atoms with Gasteiger partial charge in [-0.3, -0.25) is 9.69 Å². The topological polar surface area (TPSA) is 46.9 Å². The molecule has 6 heteroatoms. The van der Waals surface area contributed by atoms with E-state index in [2.05, 4.69) is 28.5 Å². The number of piperidine rings is 1. The second-order valence-corrected chi connectivity index (χ2v) is 9.84. The molecule has 2 aromatic rings. The van der Waals surface area contributed by atoms with Gasteiger partial charge < -0.3 is 18.9 Å². The number of carbonyl (C=O) groups excluding carboxylic acids is 1. The Morgan fingerprint density at radius 1 is 1.12 bits per heavy atom. The summed E-state index contributed by atoms with van der Waals surface area (Å²) >= 11 is 0. The number of benzene rings is 1. The van der Waals surface area contributed by atoms with Crippen LogP contribution in [0.1, 0.15) is 54.2 Å². The summed E-state index contributed by atoms with van der Waals surface area (Å²) in [7, 11) is 1.77. The standard InChI is InChI=1S/C26H37N3O3/c1-19-5-10-27(11-6-19)26(30)20-3-4-24-22(17-20)23-18-28(21-8-14-32-15-9-21)12-7-25(23)29(24)13-16-31-2/h3-4,17,19,21H,5-16,18H2,1-2H3. The summed E-state index contributed by atoms with van der Waals surface area (Å²) in [5.41, 5.74) is 4.92. The van der Waals surface area contributed by atoms with Crippen LogP contribution in [0.25, 0.3) is 10.9 Å². The normalized spacial score (nSPS) is 21.2. The number of methoxy groups -OCH3 is 1. The summed E-state index contributed by atoms with van der Waals surface area (Å²) in [5, 5.41) is 1.25. The van der Waals surface area contributed by atoms with Gasteiger partial charge in [0, 0.05) is 87.7 Å². The van der Waals surface area contributed by atoms with E-state index in [9.17, 15) is 4.79 Å². The highest BCUT2D eigenvalue weighted by Crippen LogP contribution is 2.34. The van der Waals surface area contributed by atoms with Crippen molar-refractivity contribution in [2.24, 2.45) is 5.92 Å². The average molecular weight is 440 g/mol. The Kier molecular flexibility index (Phi) is 6.54. The van der Waals surface area contributed by atoms with Crippen LogP contribution >= 0.6 is 0 Å². The van der Waals surface area contributed by atoms with Crippen LogP contribution in [0.4, 0.5) is 0 Å². The van der Waals surface area contributed by atoms with Crippen molar-refractivity contribution in [1.82, 2.24) is 14.4 Å². The molecule has 0 unspecified atom stereocenters. The van der Waals surface area contributed by atoms with Crippen molar-refractivity contribution in [2.75, 3.05) is 46.6 Å². The highest BCUT2D eigenvalue weighted by molar-refractivity contribution is 5.99. The lowest BCUT2D eigenvalue weighted by molar-refractivity contribution is 0.0288. The van der Waals surface area contributed by atoms with E-state index in [-0.39, 0.29) is 5.91 Å². The number of rotatable bonds is 5. The molecule has 1 aromatic carbocycles. The zero-order chi connectivity index (χ0) is 22.1. The Hall–Kier alpha value is -1.89. The third-order valence-electron chi connectivity index (χ3n) is 7.83. The van der Waals surface area contributed by atoms with E-state index in [1.54, 1.807) is 7.11 Å². The van der Waals surface area contributed by atoms with Gasteiger partial charge in [-0.2, -0.15) is 0 Å². The fourth-order valence-corrected chi connectivity index (χ4v) is 5.80. The van der Waals surface area contributed by atoms with Crippen molar-refractivity contribution in [3.8, 4) is 0 Å². The monoisotopic (exact) mass is 439 g/mol. The van der Waals surface area contributed by atoms with E-state index in [0.717, 1.165) is 89.5 Å². The molecule has 5 rings (SSSR count). The van der Waals surface area contributed by atoms with Gasteiger partial charge in [0.2, 0.25) is 0 Å². The third-order valence-corrected chi connectivity index (χ3v) is 7.83. The van der Waals surface area contributed by atoms with Crippen molar-refractivity contribution in [3.05, 3.63) is 35.0 Å². The number of aromatic nitrogens is 1. The number of ether oxygens (including phenoxy) is 2. The molecule has 0 radical (unpaired) electrons. The van der Waals surface area contributed by atoms with Gasteiger partial charge in [-0.15, -0.1) is 0 Å². The van der Waals surface area contributed by atoms with Crippen molar-refractivity contribution < 1.29 is 14.3 Å². The lowest BCUT2D eigenvalue weighted by atomic mass is 9.97. The largest absolute Gasteiger partial charge is 0.383 e. The molecule has 0 N–H and O–H groups in total. The highest BCUT2D eigenvalue weighted by atomic mass is 16.5. The maximum absolute atomic E-state index is 13.3. The van der Waals surface area contributed by atoms with Crippen LogP contribution in [-0.4, -0.2) is 72.9 Å². The van der Waals surface area contributed by atoms with Crippen molar-refractivity contribution in [3.63, 3.8) is 0 Å².